The number of methoxy groups -OCH3 is 1. The molecule has 24 heavy (non-hydrogen) atoms. The molecule has 2 N–H and O–H groups in total. The summed E-state index contributed by atoms with van der Waals surface area (Å²) in [6.45, 7) is 2.64. The van der Waals surface area contributed by atoms with Gasteiger partial charge in [-0.25, -0.2) is 0 Å². The number of anilines is 2. The van der Waals surface area contributed by atoms with Crippen molar-refractivity contribution in [1.82, 2.24) is 20.1 Å². The second kappa shape index (κ2) is 9.67. The predicted octanol–water partition coefficient (Wildman–Crippen LogP) is 1.90. The third-order valence-corrected chi connectivity index (χ3v) is 3.50. The van der Waals surface area contributed by atoms with Crippen LogP contribution in [0.1, 0.15) is 12.0 Å². The zero-order valence-electron chi connectivity index (χ0n) is 14.6. The molecule has 0 amide bonds. The predicted molar refractivity (Wildman–Crippen MR) is 96.7 cm³/mol. The van der Waals surface area contributed by atoms with Crippen molar-refractivity contribution in [1.29, 1.82) is 0 Å². The first kappa shape index (κ1) is 17.9. The van der Waals surface area contributed by atoms with Crippen molar-refractivity contribution < 1.29 is 4.74 Å². The quantitative estimate of drug-likeness (QED) is 0.644. The molecule has 0 aliphatic carbocycles. The molecular formula is C17H26N6O. The van der Waals surface area contributed by atoms with Crippen LogP contribution in [0.25, 0.3) is 0 Å². The van der Waals surface area contributed by atoms with E-state index in [-0.39, 0.29) is 0 Å². The van der Waals surface area contributed by atoms with Crippen molar-refractivity contribution in [2.75, 3.05) is 51.5 Å². The summed E-state index contributed by atoms with van der Waals surface area (Å²) in [7, 11) is 5.79. The van der Waals surface area contributed by atoms with Gasteiger partial charge < -0.3 is 20.3 Å². The summed E-state index contributed by atoms with van der Waals surface area (Å²) < 4.78 is 5.16. The van der Waals surface area contributed by atoms with E-state index in [1.165, 1.54) is 5.56 Å². The molecule has 0 radical (unpaired) electrons. The molecule has 7 heteroatoms. The lowest BCUT2D eigenvalue weighted by Crippen LogP contribution is -2.17. The number of rotatable bonds is 10. The lowest BCUT2D eigenvalue weighted by Gasteiger charge is -2.10. The first-order valence-electron chi connectivity index (χ1n) is 8.12. The Balaban J connectivity index is 1.74. The average Bonchev–Trinajstić information content (AvgIpc) is 2.60. The molecule has 0 spiro atoms. The van der Waals surface area contributed by atoms with E-state index in [0.717, 1.165) is 44.0 Å². The Hall–Kier alpha value is -2.41. The maximum absolute atomic E-state index is 5.16. The van der Waals surface area contributed by atoms with Gasteiger partial charge in [-0.05, 0) is 51.2 Å². The van der Waals surface area contributed by atoms with Gasteiger partial charge in [0, 0.05) is 13.1 Å². The lowest BCUT2D eigenvalue weighted by molar-refractivity contribution is 0.405. The van der Waals surface area contributed by atoms with Crippen LogP contribution < -0.4 is 15.4 Å². The molecule has 0 saturated carbocycles. The molecule has 0 aliphatic heterocycles. The fraction of sp³-hybridized carbons (Fsp3) is 0.471. The Morgan fingerprint density at radius 2 is 1.88 bits per heavy atom. The summed E-state index contributed by atoms with van der Waals surface area (Å²) >= 11 is 0. The number of nitrogens with zero attached hydrogens (tertiary/aromatic N) is 4. The van der Waals surface area contributed by atoms with Crippen molar-refractivity contribution in [2.45, 2.75) is 12.8 Å². The zero-order chi connectivity index (χ0) is 17.2. The number of nitrogens with one attached hydrogen (secondary N) is 2. The van der Waals surface area contributed by atoms with Crippen LogP contribution in [0.5, 0.6) is 5.75 Å². The summed E-state index contributed by atoms with van der Waals surface area (Å²) in [5, 5.41) is 14.5. The molecule has 1 heterocycles. The highest BCUT2D eigenvalue weighted by Crippen LogP contribution is 2.12. The molecule has 0 atom stereocenters. The number of hydrogen-bond donors (Lipinski definition) is 2. The molecule has 130 valence electrons. The summed E-state index contributed by atoms with van der Waals surface area (Å²) in [6.07, 6.45) is 3.57. The minimum absolute atomic E-state index is 0.559. The number of aromatic nitrogens is 3. The molecule has 1 aromatic carbocycles. The Morgan fingerprint density at radius 3 is 2.58 bits per heavy atom. The van der Waals surface area contributed by atoms with Gasteiger partial charge in [0.05, 0.1) is 13.3 Å². The second-order valence-corrected chi connectivity index (χ2v) is 5.77. The average molecular weight is 330 g/mol. The molecule has 1 aromatic heterocycles. The Morgan fingerprint density at radius 1 is 1.08 bits per heavy atom. The van der Waals surface area contributed by atoms with Gasteiger partial charge in [0.25, 0.3) is 0 Å². The van der Waals surface area contributed by atoms with E-state index in [1.54, 1.807) is 13.3 Å². The van der Waals surface area contributed by atoms with Gasteiger partial charge in [-0.1, -0.05) is 12.1 Å². The SMILES string of the molecule is COc1ccc(CCNc2cnnc(NCCCN(C)C)n2)cc1. The van der Waals surface area contributed by atoms with Crippen LogP contribution in [0.3, 0.4) is 0 Å². The number of benzene rings is 1. The van der Waals surface area contributed by atoms with Crippen LogP contribution in [-0.4, -0.2) is 60.9 Å². The summed E-state index contributed by atoms with van der Waals surface area (Å²) in [5.74, 6) is 2.16. The smallest absolute Gasteiger partial charge is 0.244 e. The highest BCUT2D eigenvalue weighted by molar-refractivity contribution is 5.37. The molecule has 2 aromatic rings. The summed E-state index contributed by atoms with van der Waals surface area (Å²) in [6, 6.07) is 8.07. The Labute approximate surface area is 143 Å². The maximum atomic E-state index is 5.16. The van der Waals surface area contributed by atoms with Crippen molar-refractivity contribution in [3.05, 3.63) is 36.0 Å². The molecule has 0 fully saturated rings. The first-order valence-corrected chi connectivity index (χ1v) is 8.12. The normalized spacial score (nSPS) is 10.7. The fourth-order valence-corrected chi connectivity index (χ4v) is 2.19. The fourth-order valence-electron chi connectivity index (χ4n) is 2.19. The highest BCUT2D eigenvalue weighted by atomic mass is 16.5. The van der Waals surface area contributed by atoms with E-state index in [1.807, 2.05) is 12.1 Å². The van der Waals surface area contributed by atoms with Crippen LogP contribution in [0.2, 0.25) is 0 Å². The van der Waals surface area contributed by atoms with Crippen LogP contribution >= 0.6 is 0 Å². The van der Waals surface area contributed by atoms with Gasteiger partial charge in [0.1, 0.15) is 5.75 Å². The molecule has 2 rings (SSSR count). The first-order chi connectivity index (χ1) is 11.7. The van der Waals surface area contributed by atoms with E-state index >= 15 is 0 Å². The van der Waals surface area contributed by atoms with Crippen molar-refractivity contribution in [3.63, 3.8) is 0 Å². The summed E-state index contributed by atoms with van der Waals surface area (Å²) in [5.41, 5.74) is 1.24. The Bertz CT molecular complexity index is 602. The lowest BCUT2D eigenvalue weighted by atomic mass is 10.1. The minimum Gasteiger partial charge on any atom is -0.497 e. The monoisotopic (exact) mass is 330 g/mol. The van der Waals surface area contributed by atoms with Crippen LogP contribution in [0.15, 0.2) is 30.5 Å². The van der Waals surface area contributed by atoms with Crippen molar-refractivity contribution >= 4 is 11.8 Å². The van der Waals surface area contributed by atoms with Gasteiger partial charge in [-0.15, -0.1) is 5.10 Å². The van der Waals surface area contributed by atoms with Crippen LogP contribution in [0, 0.1) is 0 Å². The van der Waals surface area contributed by atoms with E-state index in [4.69, 9.17) is 4.74 Å². The molecule has 0 bridgehead atoms. The third-order valence-electron chi connectivity index (χ3n) is 3.50. The molecule has 0 aliphatic rings. The van der Waals surface area contributed by atoms with Gasteiger partial charge >= 0.3 is 0 Å². The second-order valence-electron chi connectivity index (χ2n) is 5.77. The van der Waals surface area contributed by atoms with Crippen LogP contribution in [-0.2, 0) is 6.42 Å². The third kappa shape index (κ3) is 6.37. The topological polar surface area (TPSA) is 75.2 Å². The number of ether oxygens (including phenoxy) is 1. The molecule has 7 nitrogen and oxygen atoms in total. The maximum Gasteiger partial charge on any atom is 0.244 e. The van der Waals surface area contributed by atoms with Gasteiger partial charge in [0.2, 0.25) is 5.95 Å². The largest absolute Gasteiger partial charge is 0.497 e. The Kier molecular flexibility index (Phi) is 7.22. The van der Waals surface area contributed by atoms with Gasteiger partial charge in [-0.3, -0.25) is 0 Å². The van der Waals surface area contributed by atoms with E-state index < -0.39 is 0 Å². The molecule has 0 unspecified atom stereocenters. The standard InChI is InChI=1S/C17H26N6O/c1-23(2)12-4-10-19-17-21-16(13-20-22-17)18-11-9-14-5-7-15(24-3)8-6-14/h5-8,13H,4,9-12H2,1-3H3,(H2,18,19,21,22). The van der Waals surface area contributed by atoms with Crippen LogP contribution in [0.4, 0.5) is 11.8 Å². The summed E-state index contributed by atoms with van der Waals surface area (Å²) in [4.78, 5) is 6.57. The van der Waals surface area contributed by atoms with Crippen molar-refractivity contribution in [2.24, 2.45) is 0 Å². The van der Waals surface area contributed by atoms with E-state index in [9.17, 15) is 0 Å². The highest BCUT2D eigenvalue weighted by Gasteiger charge is 2.01. The number of hydrogen-bond acceptors (Lipinski definition) is 7. The van der Waals surface area contributed by atoms with Gasteiger partial charge in [-0.2, -0.15) is 10.1 Å². The van der Waals surface area contributed by atoms with Crippen molar-refractivity contribution in [3.8, 4) is 5.75 Å². The van der Waals surface area contributed by atoms with E-state index in [0.29, 0.717) is 5.95 Å². The van der Waals surface area contributed by atoms with E-state index in [2.05, 4.69) is 56.9 Å². The van der Waals surface area contributed by atoms with Gasteiger partial charge in [0.15, 0.2) is 5.82 Å². The zero-order valence-corrected chi connectivity index (χ0v) is 14.6. The molecule has 0 saturated heterocycles. The minimum atomic E-state index is 0.559. The molecular weight excluding hydrogens is 304 g/mol.